The molecule has 0 radical (unpaired) electrons. The molecule has 0 saturated carbocycles. The lowest BCUT2D eigenvalue weighted by Gasteiger charge is -2.12. The number of rotatable bonds is 9. The van der Waals surface area contributed by atoms with Crippen LogP contribution in [0.1, 0.15) is 26.5 Å². The number of furan rings is 1. The number of nitrogens with one attached hydrogen (secondary N) is 4. The van der Waals surface area contributed by atoms with Crippen LogP contribution in [0.3, 0.4) is 0 Å². The molecule has 23 heavy (non-hydrogen) atoms. The molecule has 0 aliphatic carbocycles. The van der Waals surface area contributed by atoms with Crippen molar-refractivity contribution in [1.82, 2.24) is 21.4 Å². The monoisotopic (exact) mass is 355 g/mol. The van der Waals surface area contributed by atoms with Crippen LogP contribution in [0, 0.1) is 0 Å². The highest BCUT2D eigenvalue weighted by Gasteiger charge is 2.06. The lowest BCUT2D eigenvalue weighted by atomic mass is 10.2. The van der Waals surface area contributed by atoms with E-state index in [0.29, 0.717) is 23.1 Å². The van der Waals surface area contributed by atoms with Crippen molar-refractivity contribution in [3.63, 3.8) is 0 Å². The van der Waals surface area contributed by atoms with Gasteiger partial charge in [-0.2, -0.15) is 5.10 Å². The molecule has 0 spiro atoms. The maximum Gasteiger partial charge on any atom is 0.166 e. The molecule has 0 aromatic carbocycles. The molecule has 0 saturated heterocycles. The second-order valence-electron chi connectivity index (χ2n) is 4.77. The Balaban J connectivity index is 2.74. The molecule has 1 atom stereocenters. The molecule has 1 aromatic rings. The quantitative estimate of drug-likeness (QED) is 0.153. The lowest BCUT2D eigenvalue weighted by molar-refractivity contribution is 0.551. The Kier molecular flexibility index (Phi) is 9.42. The Morgan fingerprint density at radius 2 is 2.17 bits per heavy atom. The summed E-state index contributed by atoms with van der Waals surface area (Å²) in [6, 6.07) is 3.69. The van der Waals surface area contributed by atoms with Gasteiger partial charge >= 0.3 is 0 Å². The number of hydrazone groups is 1. The number of hydrogen-bond donors (Lipinski definition) is 5. The number of allylic oxidation sites excluding steroid dienone is 1. The zero-order chi connectivity index (χ0) is 17.1. The van der Waals surface area contributed by atoms with Crippen molar-refractivity contribution in [1.29, 1.82) is 0 Å². The van der Waals surface area contributed by atoms with Crippen molar-refractivity contribution in [3.8, 4) is 0 Å². The van der Waals surface area contributed by atoms with Crippen LogP contribution < -0.4 is 21.4 Å². The molecule has 128 valence electrons. The van der Waals surface area contributed by atoms with Gasteiger partial charge in [-0.15, -0.1) is 12.6 Å². The Morgan fingerprint density at radius 1 is 1.39 bits per heavy atom. The highest BCUT2D eigenvalue weighted by molar-refractivity contribution is 7.80. The molecule has 0 aliphatic heterocycles. The Labute approximate surface area is 148 Å². The van der Waals surface area contributed by atoms with Crippen molar-refractivity contribution in [2.75, 3.05) is 19.6 Å². The lowest BCUT2D eigenvalue weighted by Crippen LogP contribution is -2.36. The highest BCUT2D eigenvalue weighted by atomic mass is 32.1. The predicted molar refractivity (Wildman–Crippen MR) is 103 cm³/mol. The Morgan fingerprint density at radius 3 is 2.78 bits per heavy atom. The maximum absolute atomic E-state index is 5.43. The van der Waals surface area contributed by atoms with Gasteiger partial charge in [0.25, 0.3) is 0 Å². The van der Waals surface area contributed by atoms with E-state index >= 15 is 0 Å². The van der Waals surface area contributed by atoms with Crippen LogP contribution in [-0.4, -0.2) is 36.0 Å². The summed E-state index contributed by atoms with van der Waals surface area (Å²) < 4.78 is 5.43. The van der Waals surface area contributed by atoms with Gasteiger partial charge in [0.15, 0.2) is 10.9 Å². The van der Waals surface area contributed by atoms with Gasteiger partial charge < -0.3 is 15.1 Å². The van der Waals surface area contributed by atoms with E-state index in [9.17, 15) is 0 Å². The first-order chi connectivity index (χ1) is 11.1. The van der Waals surface area contributed by atoms with E-state index in [0.717, 1.165) is 18.7 Å². The summed E-state index contributed by atoms with van der Waals surface area (Å²) in [5.74, 6) is 0.683. The van der Waals surface area contributed by atoms with Gasteiger partial charge in [-0.25, -0.2) is 0 Å². The number of thiocarbonyl (C=S) groups is 1. The molecule has 4 N–H and O–H groups in total. The molecule has 0 aliphatic rings. The van der Waals surface area contributed by atoms with Crippen LogP contribution in [0.2, 0.25) is 0 Å². The van der Waals surface area contributed by atoms with Crippen molar-refractivity contribution in [2.45, 2.75) is 26.3 Å². The molecule has 0 bridgehead atoms. The predicted octanol–water partition coefficient (Wildman–Crippen LogP) is 1.83. The molecule has 8 heteroatoms. The van der Waals surface area contributed by atoms with E-state index in [2.05, 4.69) is 39.1 Å². The highest BCUT2D eigenvalue weighted by Crippen LogP contribution is 2.06. The van der Waals surface area contributed by atoms with E-state index in [-0.39, 0.29) is 5.50 Å². The van der Waals surface area contributed by atoms with Gasteiger partial charge in [-0.3, -0.25) is 10.7 Å². The average Bonchev–Trinajstić information content (AvgIpc) is 3.04. The summed E-state index contributed by atoms with van der Waals surface area (Å²) in [6.07, 6.45) is 3.56. The molecule has 1 heterocycles. The van der Waals surface area contributed by atoms with Crippen LogP contribution in [0.15, 0.2) is 39.6 Å². The zero-order valence-corrected chi connectivity index (χ0v) is 15.4. The third-order valence-electron chi connectivity index (χ3n) is 2.73. The van der Waals surface area contributed by atoms with E-state index in [4.69, 9.17) is 16.6 Å². The first-order valence-electron chi connectivity index (χ1n) is 7.54. The standard InChI is InChI=1S/C15H25N5OS2/c1-4-16-14(22)18-10-11(3)9-12(13-7-6-8-21-13)19-20-15(23)17-5-2/h6-9,15,17,20,23H,4-5,10H2,1-3H3,(H2,16,18,22)/b11-9-,19-12-. The third kappa shape index (κ3) is 8.06. The minimum absolute atomic E-state index is 0.224. The summed E-state index contributed by atoms with van der Waals surface area (Å²) in [6.45, 7) is 8.23. The van der Waals surface area contributed by atoms with E-state index in [1.165, 1.54) is 0 Å². The summed E-state index contributed by atoms with van der Waals surface area (Å²) in [5.41, 5.74) is 4.48. The molecule has 6 nitrogen and oxygen atoms in total. The van der Waals surface area contributed by atoms with Gasteiger partial charge in [0.1, 0.15) is 11.2 Å². The molecule has 0 amide bonds. The second-order valence-corrected chi connectivity index (χ2v) is 5.69. The number of hydrogen-bond acceptors (Lipinski definition) is 6. The fourth-order valence-corrected chi connectivity index (χ4v) is 2.14. The largest absolute Gasteiger partial charge is 0.463 e. The van der Waals surface area contributed by atoms with Crippen LogP contribution in [0.5, 0.6) is 0 Å². The normalized spacial score (nSPS) is 13.6. The number of thiol groups is 1. The number of nitrogens with zero attached hydrogens (tertiary/aromatic N) is 1. The van der Waals surface area contributed by atoms with E-state index in [1.807, 2.05) is 39.0 Å². The van der Waals surface area contributed by atoms with Crippen molar-refractivity contribution >= 4 is 35.7 Å². The van der Waals surface area contributed by atoms with Crippen LogP contribution >= 0.6 is 24.8 Å². The average molecular weight is 356 g/mol. The third-order valence-corrected chi connectivity index (χ3v) is 3.31. The van der Waals surface area contributed by atoms with Crippen LogP contribution in [-0.2, 0) is 0 Å². The smallest absolute Gasteiger partial charge is 0.166 e. The molecular formula is C15H25N5OS2. The van der Waals surface area contributed by atoms with Gasteiger partial charge in [-0.05, 0) is 50.8 Å². The fourth-order valence-electron chi connectivity index (χ4n) is 1.68. The maximum atomic E-state index is 5.43. The molecular weight excluding hydrogens is 330 g/mol. The zero-order valence-electron chi connectivity index (χ0n) is 13.7. The Hall–Kier alpha value is -1.51. The summed E-state index contributed by atoms with van der Waals surface area (Å²) in [7, 11) is 0. The SMILES string of the molecule is CCNC(=S)NC/C(C)=C\C(=N\NC(S)NCC)c1ccco1. The molecule has 1 unspecified atom stereocenters. The van der Waals surface area contributed by atoms with Crippen molar-refractivity contribution in [2.24, 2.45) is 5.10 Å². The minimum atomic E-state index is -0.224. The summed E-state index contributed by atoms with van der Waals surface area (Å²) >= 11 is 9.50. The van der Waals surface area contributed by atoms with Crippen LogP contribution in [0.4, 0.5) is 0 Å². The van der Waals surface area contributed by atoms with Gasteiger partial charge in [0.05, 0.1) is 6.26 Å². The minimum Gasteiger partial charge on any atom is -0.463 e. The van der Waals surface area contributed by atoms with Gasteiger partial charge in [0, 0.05) is 13.1 Å². The second kappa shape index (κ2) is 11.1. The first kappa shape index (κ1) is 19.5. The fraction of sp³-hybridized carbons (Fsp3) is 0.467. The summed E-state index contributed by atoms with van der Waals surface area (Å²) in [5, 5.41) is 14.3. The van der Waals surface area contributed by atoms with Crippen molar-refractivity contribution < 1.29 is 4.42 Å². The topological polar surface area (TPSA) is 73.6 Å². The van der Waals surface area contributed by atoms with E-state index < -0.39 is 0 Å². The first-order valence-corrected chi connectivity index (χ1v) is 8.46. The van der Waals surface area contributed by atoms with Crippen molar-refractivity contribution in [3.05, 3.63) is 35.8 Å². The van der Waals surface area contributed by atoms with Gasteiger partial charge in [0.2, 0.25) is 0 Å². The summed E-state index contributed by atoms with van der Waals surface area (Å²) in [4.78, 5) is 0. The molecule has 0 fully saturated rings. The molecule has 1 rings (SSSR count). The Bertz CT molecular complexity index is 528. The van der Waals surface area contributed by atoms with Gasteiger partial charge in [-0.1, -0.05) is 12.5 Å². The van der Waals surface area contributed by atoms with E-state index in [1.54, 1.807) is 6.26 Å². The molecule has 1 aromatic heterocycles. The van der Waals surface area contributed by atoms with Crippen LogP contribution in [0.25, 0.3) is 0 Å².